The molecule has 1 aromatic carbocycles. The minimum absolute atomic E-state index is 0.319. The van der Waals surface area contributed by atoms with Crippen molar-refractivity contribution in [3.05, 3.63) is 41.7 Å². The van der Waals surface area contributed by atoms with Crippen LogP contribution in [0.1, 0.15) is 12.8 Å². The van der Waals surface area contributed by atoms with Gasteiger partial charge in [0, 0.05) is 42.1 Å². The minimum Gasteiger partial charge on any atom is -0.341 e. The lowest BCUT2D eigenvalue weighted by Gasteiger charge is -2.30. The first-order chi connectivity index (χ1) is 9.72. The van der Waals surface area contributed by atoms with Gasteiger partial charge in [0.05, 0.1) is 0 Å². The summed E-state index contributed by atoms with van der Waals surface area (Å²) in [7, 11) is 0. The molecule has 0 amide bonds. The number of hydrogen-bond donors (Lipinski definition) is 1. The highest BCUT2D eigenvalue weighted by atomic mass is 35.5. The Kier molecular flexibility index (Phi) is 3.85. The molecule has 2 heterocycles. The smallest absolute Gasteiger partial charge is 0.225 e. The number of anilines is 1. The molecule has 1 saturated heterocycles. The van der Waals surface area contributed by atoms with Gasteiger partial charge in [0.25, 0.3) is 0 Å². The van der Waals surface area contributed by atoms with Crippen LogP contribution in [0.4, 0.5) is 5.95 Å². The summed E-state index contributed by atoms with van der Waals surface area (Å²) in [5.74, 6) is 0.787. The normalized spacial score (nSPS) is 16.4. The summed E-state index contributed by atoms with van der Waals surface area (Å²) >= 11 is 5.89. The lowest BCUT2D eigenvalue weighted by Crippen LogP contribution is -2.40. The van der Waals surface area contributed by atoms with Gasteiger partial charge in [-0.05, 0) is 30.5 Å². The third kappa shape index (κ3) is 2.92. The second-order valence-corrected chi connectivity index (χ2v) is 5.54. The fourth-order valence-electron chi connectivity index (χ4n) is 2.38. The molecular formula is C15H17ClN4. The molecule has 2 N–H and O–H groups in total. The van der Waals surface area contributed by atoms with E-state index in [1.165, 1.54) is 0 Å². The van der Waals surface area contributed by atoms with E-state index >= 15 is 0 Å². The van der Waals surface area contributed by atoms with Crippen LogP contribution in [0, 0.1) is 0 Å². The van der Waals surface area contributed by atoms with Crippen molar-refractivity contribution in [1.82, 2.24) is 9.97 Å². The third-order valence-corrected chi connectivity index (χ3v) is 3.89. The number of benzene rings is 1. The number of nitrogens with two attached hydrogens (primary N) is 1. The van der Waals surface area contributed by atoms with Crippen LogP contribution in [0.5, 0.6) is 0 Å². The van der Waals surface area contributed by atoms with Gasteiger partial charge in [0.15, 0.2) is 0 Å². The van der Waals surface area contributed by atoms with Crippen molar-refractivity contribution in [3.8, 4) is 11.1 Å². The standard InChI is InChI=1S/C15H17ClN4/c16-13-3-1-11(2-4-13)12-9-18-15(19-10-12)20-7-5-14(17)6-8-20/h1-4,9-10,14H,5-8,17H2. The van der Waals surface area contributed by atoms with E-state index in [4.69, 9.17) is 17.3 Å². The molecule has 0 spiro atoms. The van der Waals surface area contributed by atoms with Crippen LogP contribution >= 0.6 is 11.6 Å². The van der Waals surface area contributed by atoms with Crippen molar-refractivity contribution in [2.45, 2.75) is 18.9 Å². The highest BCUT2D eigenvalue weighted by Crippen LogP contribution is 2.22. The summed E-state index contributed by atoms with van der Waals surface area (Å²) in [6.07, 6.45) is 5.73. The number of rotatable bonds is 2. The van der Waals surface area contributed by atoms with Crippen LogP contribution in [0.3, 0.4) is 0 Å². The molecule has 1 fully saturated rings. The molecule has 4 nitrogen and oxygen atoms in total. The van der Waals surface area contributed by atoms with Crippen LogP contribution < -0.4 is 10.6 Å². The number of nitrogens with zero attached hydrogens (tertiary/aromatic N) is 3. The fourth-order valence-corrected chi connectivity index (χ4v) is 2.50. The van der Waals surface area contributed by atoms with Gasteiger partial charge in [-0.3, -0.25) is 0 Å². The molecule has 1 aliphatic heterocycles. The van der Waals surface area contributed by atoms with Crippen molar-refractivity contribution in [2.75, 3.05) is 18.0 Å². The van der Waals surface area contributed by atoms with E-state index in [-0.39, 0.29) is 0 Å². The molecule has 0 aliphatic carbocycles. The Labute approximate surface area is 123 Å². The van der Waals surface area contributed by atoms with Crippen LogP contribution in [0.2, 0.25) is 5.02 Å². The third-order valence-electron chi connectivity index (χ3n) is 3.64. The van der Waals surface area contributed by atoms with Gasteiger partial charge in [-0.15, -0.1) is 0 Å². The molecule has 0 saturated carbocycles. The molecule has 2 aromatic rings. The molecule has 1 aromatic heterocycles. The van der Waals surface area contributed by atoms with E-state index in [0.29, 0.717) is 6.04 Å². The van der Waals surface area contributed by atoms with Crippen LogP contribution in [0.15, 0.2) is 36.7 Å². The Bertz CT molecular complexity index is 559. The van der Waals surface area contributed by atoms with Crippen molar-refractivity contribution in [1.29, 1.82) is 0 Å². The van der Waals surface area contributed by atoms with Crippen molar-refractivity contribution in [3.63, 3.8) is 0 Å². The van der Waals surface area contributed by atoms with Crippen LogP contribution in [-0.2, 0) is 0 Å². The summed E-state index contributed by atoms with van der Waals surface area (Å²) in [5, 5.41) is 0.732. The molecule has 1 aliphatic rings. The zero-order valence-electron chi connectivity index (χ0n) is 11.2. The van der Waals surface area contributed by atoms with Gasteiger partial charge < -0.3 is 10.6 Å². The molecular weight excluding hydrogens is 272 g/mol. The second kappa shape index (κ2) is 5.77. The Morgan fingerprint density at radius 1 is 1.00 bits per heavy atom. The maximum Gasteiger partial charge on any atom is 0.225 e. The molecule has 5 heteroatoms. The van der Waals surface area contributed by atoms with Crippen LogP contribution in [-0.4, -0.2) is 29.1 Å². The Hall–Kier alpha value is -1.65. The number of hydrogen-bond acceptors (Lipinski definition) is 4. The van der Waals surface area contributed by atoms with E-state index in [0.717, 1.165) is 48.0 Å². The van der Waals surface area contributed by atoms with Crippen molar-refractivity contribution >= 4 is 17.5 Å². The lowest BCUT2D eigenvalue weighted by molar-refractivity contribution is 0.495. The Morgan fingerprint density at radius 2 is 1.60 bits per heavy atom. The van der Waals surface area contributed by atoms with Gasteiger partial charge in [-0.2, -0.15) is 0 Å². The summed E-state index contributed by atoms with van der Waals surface area (Å²) in [5.41, 5.74) is 7.98. The minimum atomic E-state index is 0.319. The first-order valence-electron chi connectivity index (χ1n) is 6.81. The Morgan fingerprint density at radius 3 is 2.20 bits per heavy atom. The largest absolute Gasteiger partial charge is 0.341 e. The van der Waals surface area contributed by atoms with Gasteiger partial charge >= 0.3 is 0 Å². The average Bonchev–Trinajstić information content (AvgIpc) is 2.49. The zero-order chi connectivity index (χ0) is 13.9. The van der Waals surface area contributed by atoms with E-state index in [1.807, 2.05) is 36.7 Å². The average molecular weight is 289 g/mol. The number of piperidine rings is 1. The van der Waals surface area contributed by atoms with Crippen molar-refractivity contribution in [2.24, 2.45) is 5.73 Å². The molecule has 20 heavy (non-hydrogen) atoms. The quantitative estimate of drug-likeness (QED) is 0.923. The van der Waals surface area contributed by atoms with Crippen LogP contribution in [0.25, 0.3) is 11.1 Å². The molecule has 104 valence electrons. The molecule has 0 unspecified atom stereocenters. The molecule has 0 radical (unpaired) electrons. The number of halogens is 1. The predicted molar refractivity (Wildman–Crippen MR) is 81.9 cm³/mol. The summed E-state index contributed by atoms with van der Waals surface area (Å²) in [4.78, 5) is 11.1. The van der Waals surface area contributed by atoms with Gasteiger partial charge in [0.2, 0.25) is 5.95 Å². The summed E-state index contributed by atoms with van der Waals surface area (Å²) < 4.78 is 0. The van der Waals surface area contributed by atoms with Gasteiger partial charge in [-0.1, -0.05) is 23.7 Å². The fraction of sp³-hybridized carbons (Fsp3) is 0.333. The first kappa shape index (κ1) is 13.3. The maximum absolute atomic E-state index is 5.91. The van der Waals surface area contributed by atoms with Gasteiger partial charge in [-0.25, -0.2) is 9.97 Å². The second-order valence-electron chi connectivity index (χ2n) is 5.10. The van der Waals surface area contributed by atoms with Crippen molar-refractivity contribution < 1.29 is 0 Å². The topological polar surface area (TPSA) is 55.0 Å². The first-order valence-corrected chi connectivity index (χ1v) is 7.19. The zero-order valence-corrected chi connectivity index (χ0v) is 11.9. The Balaban J connectivity index is 1.76. The van der Waals surface area contributed by atoms with E-state index in [1.54, 1.807) is 0 Å². The number of aromatic nitrogens is 2. The summed E-state index contributed by atoms with van der Waals surface area (Å²) in [6, 6.07) is 8.01. The van der Waals surface area contributed by atoms with E-state index < -0.39 is 0 Å². The highest BCUT2D eigenvalue weighted by Gasteiger charge is 2.17. The molecule has 0 atom stereocenters. The SMILES string of the molecule is NC1CCN(c2ncc(-c3ccc(Cl)cc3)cn2)CC1. The summed E-state index contributed by atoms with van der Waals surface area (Å²) in [6.45, 7) is 1.86. The monoisotopic (exact) mass is 288 g/mol. The van der Waals surface area contributed by atoms with E-state index in [2.05, 4.69) is 14.9 Å². The van der Waals surface area contributed by atoms with E-state index in [9.17, 15) is 0 Å². The predicted octanol–water partition coefficient (Wildman–Crippen LogP) is 2.72. The maximum atomic E-state index is 5.91. The van der Waals surface area contributed by atoms with Gasteiger partial charge in [0.1, 0.15) is 0 Å². The molecule has 3 rings (SSSR count). The highest BCUT2D eigenvalue weighted by molar-refractivity contribution is 6.30. The molecule has 0 bridgehead atoms. The lowest BCUT2D eigenvalue weighted by atomic mass is 10.1.